The molecule has 0 heterocycles. The molecule has 1 amide bonds. The SMILES string of the molecule is CCCO[Si](CCCCNC(=O)c1c(F)c(F)c(F)c(F)c1F)(OCCC)OCCC. The number of carbonyl (C=O) groups is 1. The Morgan fingerprint density at radius 2 is 1.16 bits per heavy atom. The van der Waals surface area contributed by atoms with E-state index in [0.717, 1.165) is 19.3 Å². The standard InChI is InChI=1S/C20H30F5NO4Si/c1-4-10-28-31(29-11-5-2,30-12-6-3)13-8-7-9-26-20(27)14-15(21)17(23)19(25)18(24)16(14)22/h4-13H2,1-3H3,(H,26,27). The molecule has 0 bridgehead atoms. The molecule has 0 aliphatic heterocycles. The van der Waals surface area contributed by atoms with Crippen LogP contribution < -0.4 is 5.32 Å². The van der Waals surface area contributed by atoms with Gasteiger partial charge < -0.3 is 18.6 Å². The van der Waals surface area contributed by atoms with Crippen molar-refractivity contribution in [1.29, 1.82) is 0 Å². The Kier molecular flexibility index (Phi) is 12.2. The van der Waals surface area contributed by atoms with E-state index < -0.39 is 49.4 Å². The van der Waals surface area contributed by atoms with E-state index in [1.54, 1.807) is 0 Å². The molecule has 1 rings (SSSR count). The molecule has 1 aromatic carbocycles. The zero-order valence-corrected chi connectivity index (χ0v) is 19.1. The average Bonchev–Trinajstić information content (AvgIpc) is 2.76. The van der Waals surface area contributed by atoms with E-state index in [-0.39, 0.29) is 6.54 Å². The summed E-state index contributed by atoms with van der Waals surface area (Å²) in [6.07, 6.45) is 3.25. The van der Waals surface area contributed by atoms with Crippen LogP contribution in [0.4, 0.5) is 22.0 Å². The maximum atomic E-state index is 13.7. The van der Waals surface area contributed by atoms with E-state index in [2.05, 4.69) is 5.32 Å². The highest BCUT2D eigenvalue weighted by Crippen LogP contribution is 2.23. The highest BCUT2D eigenvalue weighted by Gasteiger charge is 2.40. The van der Waals surface area contributed by atoms with Gasteiger partial charge >= 0.3 is 8.80 Å². The second-order valence-corrected chi connectivity index (χ2v) is 9.62. The number of hydrogen-bond acceptors (Lipinski definition) is 4. The number of unbranched alkanes of at least 4 members (excludes halogenated alkanes) is 1. The van der Waals surface area contributed by atoms with Crippen molar-refractivity contribution in [3.63, 3.8) is 0 Å². The summed E-state index contributed by atoms with van der Waals surface area (Å²) >= 11 is 0. The zero-order valence-electron chi connectivity index (χ0n) is 18.1. The fourth-order valence-electron chi connectivity index (χ4n) is 2.68. The quantitative estimate of drug-likeness (QED) is 0.127. The van der Waals surface area contributed by atoms with E-state index in [1.807, 2.05) is 20.8 Å². The molecule has 0 fully saturated rings. The predicted octanol–water partition coefficient (Wildman–Crippen LogP) is 5.11. The number of rotatable bonds is 15. The Hall–Kier alpha value is -1.56. The minimum atomic E-state index is -2.91. The molecule has 0 saturated carbocycles. The molecule has 0 aromatic heterocycles. The molecule has 0 radical (unpaired) electrons. The van der Waals surface area contributed by atoms with E-state index >= 15 is 0 Å². The molecule has 0 saturated heterocycles. The summed E-state index contributed by atoms with van der Waals surface area (Å²) in [5, 5.41) is 2.19. The lowest BCUT2D eigenvalue weighted by Crippen LogP contribution is -2.46. The third kappa shape index (κ3) is 7.81. The third-order valence-corrected chi connectivity index (χ3v) is 7.11. The third-order valence-electron chi connectivity index (χ3n) is 4.21. The van der Waals surface area contributed by atoms with Gasteiger partial charge in [-0.05, 0) is 32.1 Å². The van der Waals surface area contributed by atoms with Crippen LogP contribution >= 0.6 is 0 Å². The Balaban J connectivity index is 2.70. The number of carbonyl (C=O) groups excluding carboxylic acids is 1. The van der Waals surface area contributed by atoms with Crippen LogP contribution in [-0.2, 0) is 13.3 Å². The van der Waals surface area contributed by atoms with Crippen molar-refractivity contribution in [3.05, 3.63) is 34.6 Å². The molecule has 0 aliphatic carbocycles. The van der Waals surface area contributed by atoms with Gasteiger partial charge in [-0.2, -0.15) is 0 Å². The Labute approximate surface area is 180 Å². The minimum Gasteiger partial charge on any atom is -0.373 e. The van der Waals surface area contributed by atoms with Crippen molar-refractivity contribution >= 4 is 14.7 Å². The largest absolute Gasteiger partial charge is 0.500 e. The highest BCUT2D eigenvalue weighted by molar-refractivity contribution is 6.60. The van der Waals surface area contributed by atoms with Crippen molar-refractivity contribution in [1.82, 2.24) is 5.32 Å². The molecular formula is C20H30F5NO4Si. The summed E-state index contributed by atoms with van der Waals surface area (Å²) in [4.78, 5) is 12.0. The van der Waals surface area contributed by atoms with Gasteiger partial charge in [0.1, 0.15) is 5.56 Å². The van der Waals surface area contributed by atoms with Crippen LogP contribution in [0.5, 0.6) is 0 Å². The lowest BCUT2D eigenvalue weighted by Gasteiger charge is -2.29. The average molecular weight is 472 g/mol. The van der Waals surface area contributed by atoms with Gasteiger partial charge in [-0.25, -0.2) is 22.0 Å². The molecule has 31 heavy (non-hydrogen) atoms. The first-order valence-electron chi connectivity index (χ1n) is 10.5. The maximum Gasteiger partial charge on any atom is 0.500 e. The molecule has 0 atom stereocenters. The smallest absolute Gasteiger partial charge is 0.373 e. The van der Waals surface area contributed by atoms with E-state index in [4.69, 9.17) is 13.3 Å². The molecule has 5 nitrogen and oxygen atoms in total. The number of amides is 1. The number of benzene rings is 1. The maximum absolute atomic E-state index is 13.7. The molecule has 11 heteroatoms. The van der Waals surface area contributed by atoms with Crippen LogP contribution in [0.15, 0.2) is 0 Å². The van der Waals surface area contributed by atoms with Gasteiger partial charge in [-0.3, -0.25) is 4.79 Å². The summed E-state index contributed by atoms with van der Waals surface area (Å²) in [5.74, 6) is -12.3. The first-order chi connectivity index (χ1) is 14.7. The molecule has 178 valence electrons. The molecule has 0 aliphatic rings. The van der Waals surface area contributed by atoms with Crippen molar-refractivity contribution < 1.29 is 40.0 Å². The first kappa shape index (κ1) is 27.5. The van der Waals surface area contributed by atoms with Crippen molar-refractivity contribution in [3.8, 4) is 0 Å². The Bertz CT molecular complexity index is 673. The second kappa shape index (κ2) is 13.8. The summed E-state index contributed by atoms with van der Waals surface area (Å²) in [6, 6.07) is 0.478. The zero-order chi connectivity index (χ0) is 23.4. The molecule has 1 N–H and O–H groups in total. The van der Waals surface area contributed by atoms with Gasteiger partial charge in [-0.15, -0.1) is 0 Å². The molecule has 0 spiro atoms. The minimum absolute atomic E-state index is 0.0296. The van der Waals surface area contributed by atoms with Gasteiger partial charge in [0.05, 0.1) is 0 Å². The van der Waals surface area contributed by atoms with Gasteiger partial charge in [0.2, 0.25) is 5.82 Å². The van der Waals surface area contributed by atoms with Gasteiger partial charge in [0.15, 0.2) is 23.3 Å². The summed E-state index contributed by atoms with van der Waals surface area (Å²) in [6.45, 7) is 7.32. The van der Waals surface area contributed by atoms with Crippen molar-refractivity contribution in [2.75, 3.05) is 26.4 Å². The highest BCUT2D eigenvalue weighted by atomic mass is 28.4. The van der Waals surface area contributed by atoms with Crippen LogP contribution in [0.2, 0.25) is 6.04 Å². The summed E-state index contributed by atoms with van der Waals surface area (Å²) in [5.41, 5.74) is -1.50. The normalized spacial score (nSPS) is 11.7. The second-order valence-electron chi connectivity index (χ2n) is 6.89. The summed E-state index contributed by atoms with van der Waals surface area (Å²) < 4.78 is 84.9. The van der Waals surface area contributed by atoms with Crippen LogP contribution in [0.25, 0.3) is 0 Å². The Morgan fingerprint density at radius 3 is 1.58 bits per heavy atom. The first-order valence-corrected chi connectivity index (χ1v) is 12.4. The molecule has 1 aromatic rings. The van der Waals surface area contributed by atoms with Crippen molar-refractivity contribution in [2.45, 2.75) is 58.9 Å². The van der Waals surface area contributed by atoms with Crippen LogP contribution in [0.3, 0.4) is 0 Å². The van der Waals surface area contributed by atoms with E-state index in [9.17, 15) is 26.7 Å². The molecule has 0 unspecified atom stereocenters. The number of hydrogen-bond donors (Lipinski definition) is 1. The van der Waals surface area contributed by atoms with E-state index in [1.165, 1.54) is 0 Å². The topological polar surface area (TPSA) is 56.8 Å². The number of nitrogens with one attached hydrogen (secondary N) is 1. The van der Waals surface area contributed by atoms with Gasteiger partial charge in [0, 0.05) is 32.4 Å². The monoisotopic (exact) mass is 471 g/mol. The summed E-state index contributed by atoms with van der Waals surface area (Å²) in [7, 11) is -2.91. The van der Waals surface area contributed by atoms with Gasteiger partial charge in [0.25, 0.3) is 5.91 Å². The number of halogens is 5. The fourth-order valence-corrected chi connectivity index (χ4v) is 5.59. The van der Waals surface area contributed by atoms with Crippen LogP contribution in [0, 0.1) is 29.1 Å². The van der Waals surface area contributed by atoms with Crippen molar-refractivity contribution in [2.24, 2.45) is 0 Å². The van der Waals surface area contributed by atoms with Gasteiger partial charge in [-0.1, -0.05) is 20.8 Å². The lowest BCUT2D eigenvalue weighted by atomic mass is 10.1. The lowest BCUT2D eigenvalue weighted by molar-refractivity contribution is 0.0586. The molecular weight excluding hydrogens is 441 g/mol. The Morgan fingerprint density at radius 1 is 0.742 bits per heavy atom. The van der Waals surface area contributed by atoms with E-state index in [0.29, 0.717) is 38.7 Å². The van der Waals surface area contributed by atoms with Crippen LogP contribution in [0.1, 0.15) is 63.2 Å². The van der Waals surface area contributed by atoms with Crippen LogP contribution in [-0.4, -0.2) is 41.1 Å². The fraction of sp³-hybridized carbons (Fsp3) is 0.650. The predicted molar refractivity (Wildman–Crippen MR) is 107 cm³/mol.